The van der Waals surface area contributed by atoms with Crippen molar-refractivity contribution in [3.05, 3.63) is 53.9 Å². The van der Waals surface area contributed by atoms with Crippen LogP contribution in [0, 0.1) is 6.92 Å². The Kier molecular flexibility index (Phi) is 3.23. The second-order valence-corrected chi connectivity index (χ2v) is 4.52. The lowest BCUT2D eigenvalue weighted by Gasteiger charge is -2.03. The Hall–Kier alpha value is -2.96. The number of anilines is 1. The summed E-state index contributed by atoms with van der Waals surface area (Å²) in [5.41, 5.74) is 8.13. The van der Waals surface area contributed by atoms with E-state index in [2.05, 4.69) is 15.0 Å². The van der Waals surface area contributed by atoms with Gasteiger partial charge in [-0.3, -0.25) is 0 Å². The lowest BCUT2D eigenvalue weighted by atomic mass is 10.3. The lowest BCUT2D eigenvalue weighted by molar-refractivity contribution is 0.0462. The standard InChI is InChI=1S/C14H13N5O2/c1-9-3-2-6-19-7-10(18-13(9)19)8-21-14(20)11-12(15)17-5-4-16-11/h2-7H,8H2,1H3,(H2,15,17). The van der Waals surface area contributed by atoms with Gasteiger partial charge in [0.15, 0.2) is 11.5 Å². The molecule has 0 bridgehead atoms. The molecular weight excluding hydrogens is 270 g/mol. The van der Waals surface area contributed by atoms with Gasteiger partial charge in [0.25, 0.3) is 0 Å². The Bertz CT molecular complexity index is 812. The van der Waals surface area contributed by atoms with E-state index < -0.39 is 5.97 Å². The van der Waals surface area contributed by atoms with Crippen molar-refractivity contribution < 1.29 is 9.53 Å². The Labute approximate surface area is 120 Å². The molecule has 0 amide bonds. The Morgan fingerprint density at radius 2 is 2.19 bits per heavy atom. The highest BCUT2D eigenvalue weighted by molar-refractivity contribution is 5.91. The average Bonchev–Trinajstić information content (AvgIpc) is 2.90. The van der Waals surface area contributed by atoms with E-state index in [-0.39, 0.29) is 18.1 Å². The summed E-state index contributed by atoms with van der Waals surface area (Å²) in [7, 11) is 0. The molecule has 0 spiro atoms. The minimum atomic E-state index is -0.616. The lowest BCUT2D eigenvalue weighted by Crippen LogP contribution is -2.11. The van der Waals surface area contributed by atoms with Gasteiger partial charge in [-0.15, -0.1) is 0 Å². The monoisotopic (exact) mass is 283 g/mol. The van der Waals surface area contributed by atoms with Crippen LogP contribution >= 0.6 is 0 Å². The second kappa shape index (κ2) is 5.20. The zero-order chi connectivity index (χ0) is 14.8. The first-order chi connectivity index (χ1) is 10.1. The molecular formula is C14H13N5O2. The largest absolute Gasteiger partial charge is 0.454 e. The maximum atomic E-state index is 11.9. The summed E-state index contributed by atoms with van der Waals surface area (Å²) < 4.78 is 7.05. The number of hydrogen-bond acceptors (Lipinski definition) is 6. The van der Waals surface area contributed by atoms with Crippen LogP contribution < -0.4 is 5.73 Å². The number of hydrogen-bond donors (Lipinski definition) is 1. The Morgan fingerprint density at radius 3 is 2.95 bits per heavy atom. The van der Waals surface area contributed by atoms with E-state index in [1.807, 2.05) is 35.9 Å². The molecule has 3 aromatic heterocycles. The van der Waals surface area contributed by atoms with Crippen molar-refractivity contribution in [3.63, 3.8) is 0 Å². The summed E-state index contributed by atoms with van der Waals surface area (Å²) in [6, 6.07) is 3.90. The number of nitrogens with two attached hydrogens (primary N) is 1. The van der Waals surface area contributed by atoms with Crippen molar-refractivity contribution in [2.24, 2.45) is 0 Å². The number of pyridine rings is 1. The maximum absolute atomic E-state index is 11.9. The number of imidazole rings is 1. The van der Waals surface area contributed by atoms with Crippen LogP contribution in [0.25, 0.3) is 5.65 Å². The van der Waals surface area contributed by atoms with Gasteiger partial charge in [-0.2, -0.15) is 0 Å². The summed E-state index contributed by atoms with van der Waals surface area (Å²) in [5, 5.41) is 0. The zero-order valence-electron chi connectivity index (χ0n) is 11.4. The maximum Gasteiger partial charge on any atom is 0.361 e. The molecule has 0 aliphatic carbocycles. The van der Waals surface area contributed by atoms with Gasteiger partial charge >= 0.3 is 5.97 Å². The summed E-state index contributed by atoms with van der Waals surface area (Å²) in [6.07, 6.45) is 6.51. The van der Waals surface area contributed by atoms with Crippen LogP contribution in [0.4, 0.5) is 5.82 Å². The fourth-order valence-electron chi connectivity index (χ4n) is 1.99. The highest BCUT2D eigenvalue weighted by atomic mass is 16.5. The topological polar surface area (TPSA) is 95.4 Å². The SMILES string of the molecule is Cc1cccn2cc(COC(=O)c3nccnc3N)nc12. The molecule has 0 atom stereocenters. The molecule has 0 unspecified atom stereocenters. The van der Waals surface area contributed by atoms with E-state index in [9.17, 15) is 4.79 Å². The molecule has 0 aliphatic heterocycles. The second-order valence-electron chi connectivity index (χ2n) is 4.52. The van der Waals surface area contributed by atoms with Gasteiger partial charge in [-0.1, -0.05) is 6.07 Å². The van der Waals surface area contributed by atoms with E-state index in [1.165, 1.54) is 12.4 Å². The first-order valence-corrected chi connectivity index (χ1v) is 6.32. The normalized spacial score (nSPS) is 10.7. The van der Waals surface area contributed by atoms with E-state index >= 15 is 0 Å². The number of fused-ring (bicyclic) bond motifs is 1. The van der Waals surface area contributed by atoms with Gasteiger partial charge < -0.3 is 14.9 Å². The number of carbonyl (C=O) groups excluding carboxylic acids is 1. The molecule has 21 heavy (non-hydrogen) atoms. The van der Waals surface area contributed by atoms with Crippen LogP contribution in [-0.2, 0) is 11.3 Å². The number of rotatable bonds is 3. The Balaban J connectivity index is 1.76. The van der Waals surface area contributed by atoms with Crippen LogP contribution in [0.3, 0.4) is 0 Å². The first kappa shape index (κ1) is 13.0. The van der Waals surface area contributed by atoms with E-state index in [0.29, 0.717) is 5.69 Å². The molecule has 3 rings (SSSR count). The van der Waals surface area contributed by atoms with Crippen LogP contribution in [0.1, 0.15) is 21.7 Å². The summed E-state index contributed by atoms with van der Waals surface area (Å²) in [5.74, 6) is -0.567. The highest BCUT2D eigenvalue weighted by Crippen LogP contribution is 2.12. The smallest absolute Gasteiger partial charge is 0.361 e. The number of ether oxygens (including phenoxy) is 1. The molecule has 0 radical (unpaired) electrons. The molecule has 0 saturated heterocycles. The Morgan fingerprint density at radius 1 is 1.38 bits per heavy atom. The molecule has 0 saturated carbocycles. The van der Waals surface area contributed by atoms with Crippen molar-refractivity contribution in [1.82, 2.24) is 19.4 Å². The molecule has 7 heteroatoms. The van der Waals surface area contributed by atoms with Gasteiger partial charge in [-0.25, -0.2) is 19.7 Å². The predicted molar refractivity (Wildman–Crippen MR) is 75.5 cm³/mol. The molecule has 7 nitrogen and oxygen atoms in total. The van der Waals surface area contributed by atoms with E-state index in [1.54, 1.807) is 0 Å². The quantitative estimate of drug-likeness (QED) is 0.729. The molecule has 0 aromatic carbocycles. The summed E-state index contributed by atoms with van der Waals surface area (Å²) in [6.45, 7) is 2.02. The predicted octanol–water partition coefficient (Wildman–Crippen LogP) is 1.37. The highest BCUT2D eigenvalue weighted by Gasteiger charge is 2.14. The summed E-state index contributed by atoms with van der Waals surface area (Å²) >= 11 is 0. The third-order valence-electron chi connectivity index (χ3n) is 3.00. The molecule has 0 aliphatic rings. The minimum Gasteiger partial charge on any atom is -0.454 e. The molecule has 0 fully saturated rings. The minimum absolute atomic E-state index is 0.0115. The summed E-state index contributed by atoms with van der Waals surface area (Å²) in [4.78, 5) is 24.0. The fourth-order valence-corrected chi connectivity index (χ4v) is 1.99. The van der Waals surface area contributed by atoms with Gasteiger partial charge in [0.2, 0.25) is 0 Å². The van der Waals surface area contributed by atoms with Crippen LogP contribution in [0.15, 0.2) is 36.9 Å². The van der Waals surface area contributed by atoms with Crippen molar-refractivity contribution in [1.29, 1.82) is 0 Å². The number of aryl methyl sites for hydroxylation is 1. The van der Waals surface area contributed by atoms with E-state index in [4.69, 9.17) is 10.5 Å². The number of esters is 1. The molecule has 2 N–H and O–H groups in total. The van der Waals surface area contributed by atoms with Crippen LogP contribution in [0.5, 0.6) is 0 Å². The van der Waals surface area contributed by atoms with Crippen LogP contribution in [-0.4, -0.2) is 25.3 Å². The fraction of sp³-hybridized carbons (Fsp3) is 0.143. The van der Waals surface area contributed by atoms with Gasteiger partial charge in [-0.05, 0) is 18.6 Å². The third-order valence-corrected chi connectivity index (χ3v) is 3.00. The number of carbonyl (C=O) groups is 1. The molecule has 3 heterocycles. The van der Waals surface area contributed by atoms with Crippen molar-refractivity contribution >= 4 is 17.4 Å². The van der Waals surface area contributed by atoms with Gasteiger partial charge in [0.05, 0.1) is 5.69 Å². The van der Waals surface area contributed by atoms with Gasteiger partial charge in [0.1, 0.15) is 12.3 Å². The number of aromatic nitrogens is 4. The van der Waals surface area contributed by atoms with Crippen molar-refractivity contribution in [2.75, 3.05) is 5.73 Å². The molecule has 106 valence electrons. The molecule has 3 aromatic rings. The van der Waals surface area contributed by atoms with Crippen molar-refractivity contribution in [3.8, 4) is 0 Å². The average molecular weight is 283 g/mol. The number of nitrogen functional groups attached to an aromatic ring is 1. The zero-order valence-corrected chi connectivity index (χ0v) is 11.4. The third kappa shape index (κ3) is 2.53. The number of nitrogens with zero attached hydrogens (tertiary/aromatic N) is 4. The first-order valence-electron chi connectivity index (χ1n) is 6.32. The van der Waals surface area contributed by atoms with Gasteiger partial charge in [0, 0.05) is 24.8 Å². The van der Waals surface area contributed by atoms with Crippen LogP contribution in [0.2, 0.25) is 0 Å². The van der Waals surface area contributed by atoms with Crippen molar-refractivity contribution in [2.45, 2.75) is 13.5 Å². The van der Waals surface area contributed by atoms with E-state index in [0.717, 1.165) is 11.2 Å².